The minimum Gasteiger partial charge on any atom is -0.286 e. The van der Waals surface area contributed by atoms with Gasteiger partial charge in [-0.1, -0.05) is 26.8 Å². The van der Waals surface area contributed by atoms with Crippen molar-refractivity contribution < 1.29 is 0 Å². The molecule has 14 heavy (non-hydrogen) atoms. The first-order chi connectivity index (χ1) is 6.49. The summed E-state index contributed by atoms with van der Waals surface area (Å²) < 4.78 is 0. The van der Waals surface area contributed by atoms with Crippen molar-refractivity contribution in [3.63, 3.8) is 0 Å². The zero-order valence-corrected chi connectivity index (χ0v) is 9.63. The minimum atomic E-state index is 0.172. The molecule has 0 aromatic carbocycles. The molecule has 0 aliphatic heterocycles. The van der Waals surface area contributed by atoms with E-state index in [1.54, 1.807) is 14.1 Å². The van der Waals surface area contributed by atoms with Crippen molar-refractivity contribution in [3.05, 3.63) is 23.8 Å². The molecular weight excluding hydrogens is 172 g/mol. The Balaban J connectivity index is 3.09. The molecule has 0 aromatic rings. The Morgan fingerprint density at radius 2 is 1.50 bits per heavy atom. The smallest absolute Gasteiger partial charge is 0.0825 e. The lowest BCUT2D eigenvalue weighted by atomic mass is 9.83. The zero-order valence-electron chi connectivity index (χ0n) is 9.63. The number of nitrogens with zero attached hydrogens (tertiary/aromatic N) is 2. The van der Waals surface area contributed by atoms with Crippen molar-refractivity contribution in [2.45, 2.75) is 20.8 Å². The molecule has 0 unspecified atom stereocenters. The summed E-state index contributed by atoms with van der Waals surface area (Å²) in [6.07, 6.45) is 6.27. The van der Waals surface area contributed by atoms with Crippen LogP contribution in [-0.2, 0) is 0 Å². The molecule has 0 N–H and O–H groups in total. The van der Waals surface area contributed by atoms with Crippen molar-refractivity contribution in [2.75, 3.05) is 14.1 Å². The van der Waals surface area contributed by atoms with Gasteiger partial charge in [-0.2, -0.15) is 0 Å². The van der Waals surface area contributed by atoms with Crippen molar-refractivity contribution in [1.29, 1.82) is 0 Å². The van der Waals surface area contributed by atoms with Gasteiger partial charge in [0.1, 0.15) is 0 Å². The van der Waals surface area contributed by atoms with Gasteiger partial charge < -0.3 is 0 Å². The van der Waals surface area contributed by atoms with Crippen molar-refractivity contribution in [3.8, 4) is 0 Å². The normalized spacial score (nSPS) is 23.1. The number of rotatable bonds is 0. The van der Waals surface area contributed by atoms with E-state index in [-0.39, 0.29) is 5.41 Å². The highest BCUT2D eigenvalue weighted by Crippen LogP contribution is 2.28. The molecular formula is C12H18N2. The van der Waals surface area contributed by atoms with Gasteiger partial charge in [-0.05, 0) is 23.1 Å². The Kier molecular flexibility index (Phi) is 3.04. The predicted octanol–water partition coefficient (Wildman–Crippen LogP) is 2.67. The quantitative estimate of drug-likeness (QED) is 0.525. The van der Waals surface area contributed by atoms with Gasteiger partial charge in [0, 0.05) is 14.1 Å². The van der Waals surface area contributed by atoms with Crippen LogP contribution in [-0.4, -0.2) is 25.5 Å². The van der Waals surface area contributed by atoms with Crippen molar-refractivity contribution in [2.24, 2.45) is 15.4 Å². The molecule has 0 saturated heterocycles. The molecule has 0 atom stereocenters. The molecule has 76 valence electrons. The molecule has 2 nitrogen and oxygen atoms in total. The van der Waals surface area contributed by atoms with Gasteiger partial charge in [0.2, 0.25) is 0 Å². The summed E-state index contributed by atoms with van der Waals surface area (Å²) in [6.45, 7) is 6.60. The standard InChI is InChI=1S/C12H18N2/c1-12(2,3)9-6-7-10(13-4)11(8-9)14-5/h6-8H,1-5H3. The third-order valence-electron chi connectivity index (χ3n) is 2.32. The predicted molar refractivity (Wildman–Crippen MR) is 63.4 cm³/mol. The highest BCUT2D eigenvalue weighted by atomic mass is 14.8. The first-order valence-electron chi connectivity index (χ1n) is 4.83. The van der Waals surface area contributed by atoms with Gasteiger partial charge in [0.25, 0.3) is 0 Å². The van der Waals surface area contributed by atoms with Crippen LogP contribution in [0.2, 0.25) is 0 Å². The maximum atomic E-state index is 4.22. The maximum Gasteiger partial charge on any atom is 0.0825 e. The van der Waals surface area contributed by atoms with Crippen LogP contribution in [0.25, 0.3) is 0 Å². The van der Waals surface area contributed by atoms with E-state index >= 15 is 0 Å². The monoisotopic (exact) mass is 190 g/mol. The average molecular weight is 190 g/mol. The summed E-state index contributed by atoms with van der Waals surface area (Å²) in [7, 11) is 3.59. The van der Waals surface area contributed by atoms with Gasteiger partial charge in [-0.3, -0.25) is 9.98 Å². The Morgan fingerprint density at radius 1 is 0.929 bits per heavy atom. The number of hydrogen-bond donors (Lipinski definition) is 0. The van der Waals surface area contributed by atoms with Gasteiger partial charge >= 0.3 is 0 Å². The molecule has 0 saturated carbocycles. The Hall–Kier alpha value is -1.18. The van der Waals surface area contributed by atoms with Crippen LogP contribution in [0.1, 0.15) is 20.8 Å². The SMILES string of the molecule is CN=C1C=CC(C(C)(C)C)=CC1=NC. The van der Waals surface area contributed by atoms with Crippen LogP contribution in [0.15, 0.2) is 33.8 Å². The topological polar surface area (TPSA) is 24.7 Å². The van der Waals surface area contributed by atoms with Gasteiger partial charge in [0.05, 0.1) is 11.4 Å². The van der Waals surface area contributed by atoms with Gasteiger partial charge in [0.15, 0.2) is 0 Å². The molecule has 0 radical (unpaired) electrons. The first-order valence-corrected chi connectivity index (χ1v) is 4.83. The van der Waals surface area contributed by atoms with Crippen LogP contribution in [0.4, 0.5) is 0 Å². The molecule has 0 spiro atoms. The molecule has 1 aliphatic rings. The second kappa shape index (κ2) is 3.91. The van der Waals surface area contributed by atoms with Crippen molar-refractivity contribution >= 4 is 11.4 Å². The number of allylic oxidation sites excluding steroid dienone is 4. The Labute approximate surface area is 86.2 Å². The third-order valence-corrected chi connectivity index (χ3v) is 2.32. The second-order valence-electron chi connectivity index (χ2n) is 4.40. The molecule has 0 fully saturated rings. The number of aliphatic imine (C=N–C) groups is 2. The summed E-state index contributed by atoms with van der Waals surface area (Å²) in [6, 6.07) is 0. The fourth-order valence-electron chi connectivity index (χ4n) is 1.36. The fraction of sp³-hybridized carbons (Fsp3) is 0.500. The maximum absolute atomic E-state index is 4.22. The largest absolute Gasteiger partial charge is 0.286 e. The molecule has 0 aromatic heterocycles. The van der Waals surface area contributed by atoms with Crippen LogP contribution >= 0.6 is 0 Å². The molecule has 0 amide bonds. The number of hydrogen-bond acceptors (Lipinski definition) is 2. The Morgan fingerprint density at radius 3 is 1.93 bits per heavy atom. The van der Waals surface area contributed by atoms with Crippen LogP contribution in [0, 0.1) is 5.41 Å². The minimum absolute atomic E-state index is 0.172. The van der Waals surface area contributed by atoms with E-state index in [0.29, 0.717) is 0 Å². The van der Waals surface area contributed by atoms with E-state index in [9.17, 15) is 0 Å². The summed E-state index contributed by atoms with van der Waals surface area (Å²) >= 11 is 0. The Bertz CT molecular complexity index is 336. The molecule has 0 heterocycles. The zero-order chi connectivity index (χ0) is 10.8. The van der Waals surface area contributed by atoms with Gasteiger partial charge in [-0.15, -0.1) is 0 Å². The van der Waals surface area contributed by atoms with E-state index in [2.05, 4.69) is 42.9 Å². The summed E-state index contributed by atoms with van der Waals surface area (Å²) in [5.41, 5.74) is 3.40. The van der Waals surface area contributed by atoms with E-state index < -0.39 is 0 Å². The van der Waals surface area contributed by atoms with Crippen LogP contribution in [0.5, 0.6) is 0 Å². The van der Waals surface area contributed by atoms with Crippen molar-refractivity contribution in [1.82, 2.24) is 0 Å². The highest BCUT2D eigenvalue weighted by Gasteiger charge is 2.19. The lowest BCUT2D eigenvalue weighted by molar-refractivity contribution is 0.517. The molecule has 0 bridgehead atoms. The lowest BCUT2D eigenvalue weighted by Crippen LogP contribution is -2.18. The first kappa shape index (κ1) is 10.9. The van der Waals surface area contributed by atoms with E-state index in [1.807, 2.05) is 6.08 Å². The van der Waals surface area contributed by atoms with E-state index in [4.69, 9.17) is 0 Å². The second-order valence-corrected chi connectivity index (χ2v) is 4.40. The van der Waals surface area contributed by atoms with E-state index in [0.717, 1.165) is 11.4 Å². The van der Waals surface area contributed by atoms with Crippen LogP contribution in [0.3, 0.4) is 0 Å². The summed E-state index contributed by atoms with van der Waals surface area (Å²) in [4.78, 5) is 8.39. The average Bonchev–Trinajstić information content (AvgIpc) is 2.15. The van der Waals surface area contributed by atoms with E-state index in [1.165, 1.54) is 5.57 Å². The molecule has 2 heteroatoms. The third kappa shape index (κ3) is 2.19. The molecule has 1 rings (SSSR count). The highest BCUT2D eigenvalue weighted by molar-refractivity contribution is 6.51. The summed E-state index contributed by atoms with van der Waals surface area (Å²) in [5.74, 6) is 0. The summed E-state index contributed by atoms with van der Waals surface area (Å²) in [5, 5.41) is 0. The van der Waals surface area contributed by atoms with Gasteiger partial charge in [-0.25, -0.2) is 0 Å². The molecule has 1 aliphatic carbocycles. The lowest BCUT2D eigenvalue weighted by Gasteiger charge is -2.23. The fourth-order valence-corrected chi connectivity index (χ4v) is 1.36. The van der Waals surface area contributed by atoms with Crippen LogP contribution < -0.4 is 0 Å².